The summed E-state index contributed by atoms with van der Waals surface area (Å²) in [6.07, 6.45) is 5.61. The molecule has 0 fully saturated rings. The van der Waals surface area contributed by atoms with Gasteiger partial charge in [0.15, 0.2) is 0 Å². The third-order valence-corrected chi connectivity index (χ3v) is 3.56. The van der Waals surface area contributed by atoms with Gasteiger partial charge in [0.05, 0.1) is 18.6 Å². The highest BCUT2D eigenvalue weighted by Gasteiger charge is 2.24. The molecule has 1 aliphatic heterocycles. The molecule has 1 aromatic carbocycles. The molecule has 1 amide bonds. The number of benzene rings is 1. The van der Waals surface area contributed by atoms with Gasteiger partial charge in [0.2, 0.25) is 0 Å². The number of aromatic nitrogens is 2. The van der Waals surface area contributed by atoms with Crippen LogP contribution < -0.4 is 5.32 Å². The summed E-state index contributed by atoms with van der Waals surface area (Å²) in [5, 5.41) is 2.43. The molecule has 2 heterocycles. The number of nitrogens with zero attached hydrogens (tertiary/aromatic N) is 2. The highest BCUT2D eigenvalue weighted by molar-refractivity contribution is 5.66. The lowest BCUT2D eigenvalue weighted by atomic mass is 9.96. The van der Waals surface area contributed by atoms with E-state index in [2.05, 4.69) is 16.4 Å². The molecule has 6 heteroatoms. The zero-order valence-electron chi connectivity index (χ0n) is 11.8. The third kappa shape index (κ3) is 2.75. The highest BCUT2D eigenvalue weighted by atomic mass is 16.6. The van der Waals surface area contributed by atoms with E-state index in [-0.39, 0.29) is 12.7 Å². The van der Waals surface area contributed by atoms with Crippen LogP contribution in [0.15, 0.2) is 36.9 Å². The number of amides is 1. The van der Waals surface area contributed by atoms with Gasteiger partial charge in [-0.3, -0.25) is 0 Å². The second-order valence-electron chi connectivity index (χ2n) is 4.77. The van der Waals surface area contributed by atoms with Gasteiger partial charge in [-0.1, -0.05) is 12.1 Å². The fraction of sp³-hybridized carbons (Fsp3) is 0.333. The Balaban J connectivity index is 1.88. The van der Waals surface area contributed by atoms with E-state index in [1.54, 1.807) is 12.5 Å². The lowest BCUT2D eigenvalue weighted by Gasteiger charge is -2.27. The van der Waals surface area contributed by atoms with E-state index in [0.29, 0.717) is 6.61 Å². The van der Waals surface area contributed by atoms with Crippen molar-refractivity contribution in [2.45, 2.75) is 12.5 Å². The zero-order valence-corrected chi connectivity index (χ0v) is 11.8. The molecule has 1 aliphatic rings. The third-order valence-electron chi connectivity index (χ3n) is 3.56. The Hall–Kier alpha value is -2.34. The van der Waals surface area contributed by atoms with Crippen LogP contribution in [-0.2, 0) is 15.9 Å². The van der Waals surface area contributed by atoms with Gasteiger partial charge in [-0.25, -0.2) is 9.78 Å². The second-order valence-corrected chi connectivity index (χ2v) is 4.77. The summed E-state index contributed by atoms with van der Waals surface area (Å²) in [7, 11) is 1.54. The first kappa shape index (κ1) is 13.6. The van der Waals surface area contributed by atoms with E-state index in [4.69, 9.17) is 9.47 Å². The average Bonchev–Trinajstić information content (AvgIpc) is 3.06. The minimum absolute atomic E-state index is 0.208. The van der Waals surface area contributed by atoms with Crippen molar-refractivity contribution in [2.75, 3.05) is 20.3 Å². The molecule has 3 rings (SSSR count). The number of carbonyl (C=O) groups excluding carboxylic acids is 1. The van der Waals surface area contributed by atoms with Crippen molar-refractivity contribution < 1.29 is 14.3 Å². The molecule has 0 radical (unpaired) electrons. The molecular formula is C15H17N3O3. The van der Waals surface area contributed by atoms with E-state index >= 15 is 0 Å². The number of ether oxygens (including phenoxy) is 2. The fourth-order valence-electron chi connectivity index (χ4n) is 2.56. The molecule has 0 saturated heterocycles. The minimum atomic E-state index is -0.448. The standard InChI is InChI=1S/C15H17N3O3/c1-16-15(19)21-9-14-12-3-2-4-13(11(12)5-8-20-14)18-7-6-17-10-18/h2-4,6-7,10,14H,5,8-9H2,1H3,(H,16,19). The van der Waals surface area contributed by atoms with Crippen LogP contribution in [0.2, 0.25) is 0 Å². The van der Waals surface area contributed by atoms with Gasteiger partial charge in [-0.05, 0) is 23.6 Å². The molecule has 0 saturated carbocycles. The van der Waals surface area contributed by atoms with E-state index in [1.165, 1.54) is 12.6 Å². The van der Waals surface area contributed by atoms with Crippen LogP contribution in [0.1, 0.15) is 17.2 Å². The van der Waals surface area contributed by atoms with Crippen molar-refractivity contribution in [3.8, 4) is 5.69 Å². The molecule has 6 nitrogen and oxygen atoms in total. The number of hydrogen-bond donors (Lipinski definition) is 1. The Morgan fingerprint density at radius 3 is 3.24 bits per heavy atom. The predicted molar refractivity (Wildman–Crippen MR) is 76.4 cm³/mol. The maximum atomic E-state index is 11.2. The van der Waals surface area contributed by atoms with Gasteiger partial charge in [-0.15, -0.1) is 0 Å². The number of carbonyl (C=O) groups is 1. The summed E-state index contributed by atoms with van der Waals surface area (Å²) in [6, 6.07) is 6.06. The van der Waals surface area contributed by atoms with Crippen molar-refractivity contribution in [2.24, 2.45) is 0 Å². The molecule has 0 bridgehead atoms. The molecule has 1 N–H and O–H groups in total. The summed E-state index contributed by atoms with van der Waals surface area (Å²) in [4.78, 5) is 15.3. The van der Waals surface area contributed by atoms with Crippen LogP contribution in [0.25, 0.3) is 5.69 Å². The highest BCUT2D eigenvalue weighted by Crippen LogP contribution is 2.31. The largest absolute Gasteiger partial charge is 0.446 e. The number of rotatable bonds is 3. The van der Waals surface area contributed by atoms with Crippen LogP contribution in [0.3, 0.4) is 0 Å². The quantitative estimate of drug-likeness (QED) is 0.935. The lowest BCUT2D eigenvalue weighted by molar-refractivity contribution is -0.00358. The van der Waals surface area contributed by atoms with Gasteiger partial charge < -0.3 is 19.4 Å². The van der Waals surface area contributed by atoms with Gasteiger partial charge >= 0.3 is 6.09 Å². The monoisotopic (exact) mass is 287 g/mol. The van der Waals surface area contributed by atoms with Crippen LogP contribution in [0, 0.1) is 0 Å². The first-order chi connectivity index (χ1) is 10.3. The van der Waals surface area contributed by atoms with Crippen molar-refractivity contribution >= 4 is 6.09 Å². The molecule has 1 unspecified atom stereocenters. The minimum Gasteiger partial charge on any atom is -0.446 e. The van der Waals surface area contributed by atoms with Crippen LogP contribution in [0.5, 0.6) is 0 Å². The summed E-state index contributed by atoms with van der Waals surface area (Å²) in [6.45, 7) is 0.820. The van der Waals surface area contributed by atoms with Crippen LogP contribution in [0.4, 0.5) is 4.79 Å². The summed E-state index contributed by atoms with van der Waals surface area (Å²) in [5.41, 5.74) is 3.38. The molecule has 1 atom stereocenters. The Bertz CT molecular complexity index is 625. The Kier molecular flexibility index (Phi) is 3.87. The molecule has 2 aromatic rings. The number of hydrogen-bond acceptors (Lipinski definition) is 4. The summed E-state index contributed by atoms with van der Waals surface area (Å²) >= 11 is 0. The predicted octanol–water partition coefficient (Wildman–Crippen LogP) is 1.84. The van der Waals surface area contributed by atoms with E-state index in [0.717, 1.165) is 17.7 Å². The SMILES string of the molecule is CNC(=O)OCC1OCCc2c1cccc2-n1ccnc1. The Morgan fingerprint density at radius 2 is 2.48 bits per heavy atom. The normalized spacial score (nSPS) is 17.1. The van der Waals surface area contributed by atoms with Crippen molar-refractivity contribution in [1.82, 2.24) is 14.9 Å². The molecule has 21 heavy (non-hydrogen) atoms. The van der Waals surface area contributed by atoms with Crippen molar-refractivity contribution in [1.29, 1.82) is 0 Å². The number of alkyl carbamates (subject to hydrolysis) is 1. The summed E-state index contributed by atoms with van der Waals surface area (Å²) < 4.78 is 12.9. The maximum absolute atomic E-state index is 11.2. The molecule has 0 aliphatic carbocycles. The van der Waals surface area contributed by atoms with Gasteiger partial charge in [-0.2, -0.15) is 0 Å². The van der Waals surface area contributed by atoms with E-state index in [1.807, 2.05) is 22.9 Å². The van der Waals surface area contributed by atoms with Gasteiger partial charge in [0, 0.05) is 19.4 Å². The lowest BCUT2D eigenvalue weighted by Crippen LogP contribution is -2.26. The van der Waals surface area contributed by atoms with Gasteiger partial charge in [0.1, 0.15) is 12.7 Å². The molecular weight excluding hydrogens is 270 g/mol. The fourth-order valence-corrected chi connectivity index (χ4v) is 2.56. The smallest absolute Gasteiger partial charge is 0.406 e. The first-order valence-corrected chi connectivity index (χ1v) is 6.86. The Morgan fingerprint density at radius 1 is 1.57 bits per heavy atom. The molecule has 110 valence electrons. The topological polar surface area (TPSA) is 65.4 Å². The van der Waals surface area contributed by atoms with Crippen molar-refractivity contribution in [3.63, 3.8) is 0 Å². The first-order valence-electron chi connectivity index (χ1n) is 6.86. The molecule has 0 spiro atoms. The molecule has 1 aromatic heterocycles. The zero-order chi connectivity index (χ0) is 14.7. The number of fused-ring (bicyclic) bond motifs is 1. The Labute approximate surface area is 122 Å². The van der Waals surface area contributed by atoms with Gasteiger partial charge in [0.25, 0.3) is 0 Å². The van der Waals surface area contributed by atoms with Crippen LogP contribution in [-0.4, -0.2) is 35.9 Å². The van der Waals surface area contributed by atoms with E-state index < -0.39 is 6.09 Å². The number of imidazole rings is 1. The van der Waals surface area contributed by atoms with Crippen LogP contribution >= 0.6 is 0 Å². The second kappa shape index (κ2) is 5.97. The average molecular weight is 287 g/mol. The summed E-state index contributed by atoms with van der Waals surface area (Å²) in [5.74, 6) is 0. The van der Waals surface area contributed by atoms with E-state index in [9.17, 15) is 4.79 Å². The van der Waals surface area contributed by atoms with Crippen molar-refractivity contribution in [3.05, 3.63) is 48.0 Å². The maximum Gasteiger partial charge on any atom is 0.406 e. The number of nitrogens with one attached hydrogen (secondary N) is 1.